The van der Waals surface area contributed by atoms with Gasteiger partial charge < -0.3 is 14.8 Å². The third-order valence-corrected chi connectivity index (χ3v) is 4.49. The smallest absolute Gasteiger partial charge is 0.426 e. The predicted molar refractivity (Wildman–Crippen MR) is 121 cm³/mol. The number of nitrogens with zero attached hydrogens (tertiary/aromatic N) is 2. The van der Waals surface area contributed by atoms with E-state index in [2.05, 4.69) is 5.32 Å². The molecule has 2 aromatic carbocycles. The first-order valence-corrected chi connectivity index (χ1v) is 10.4. The molecule has 0 heterocycles. The van der Waals surface area contributed by atoms with E-state index < -0.39 is 42.8 Å². The second kappa shape index (κ2) is 11.8. The Hall–Kier alpha value is -3.92. The summed E-state index contributed by atoms with van der Waals surface area (Å²) < 4.78 is 9.68. The number of hydrogen-bond donors (Lipinski definition) is 1. The van der Waals surface area contributed by atoms with Crippen molar-refractivity contribution in [2.75, 3.05) is 13.3 Å². The quantitative estimate of drug-likeness (QED) is 0.274. The minimum Gasteiger partial charge on any atom is -0.426 e. The van der Waals surface area contributed by atoms with E-state index in [4.69, 9.17) is 21.1 Å². The van der Waals surface area contributed by atoms with Gasteiger partial charge in [-0.15, -0.1) is 5.01 Å². The molecule has 0 unspecified atom stereocenters. The Morgan fingerprint density at radius 1 is 0.912 bits per heavy atom. The van der Waals surface area contributed by atoms with Crippen molar-refractivity contribution < 1.29 is 33.4 Å². The lowest BCUT2D eigenvalue weighted by atomic mass is 10.1. The molecule has 0 aliphatic carbocycles. The Labute approximate surface area is 201 Å². The Morgan fingerprint density at radius 2 is 1.50 bits per heavy atom. The summed E-state index contributed by atoms with van der Waals surface area (Å²) in [6, 6.07) is 13.8. The number of hydrazine groups is 1. The van der Waals surface area contributed by atoms with E-state index in [1.165, 1.54) is 24.3 Å². The van der Waals surface area contributed by atoms with Crippen molar-refractivity contribution in [1.29, 1.82) is 0 Å². The Balaban J connectivity index is 2.40. The minimum atomic E-state index is -1.25. The number of esters is 1. The number of benzene rings is 2. The molecular weight excluding hydrogens is 466 g/mol. The van der Waals surface area contributed by atoms with Gasteiger partial charge in [-0.25, -0.2) is 9.80 Å². The molecule has 34 heavy (non-hydrogen) atoms. The van der Waals surface area contributed by atoms with Crippen molar-refractivity contribution >= 4 is 41.9 Å². The predicted octanol–water partition coefficient (Wildman–Crippen LogP) is 3.02. The maximum Gasteiger partial charge on any atom is 0.439 e. The molecule has 11 heteroatoms. The Morgan fingerprint density at radius 3 is 2.06 bits per heavy atom. The van der Waals surface area contributed by atoms with E-state index in [1.54, 1.807) is 51.1 Å². The number of imide groups is 1. The zero-order valence-electron chi connectivity index (χ0n) is 18.8. The van der Waals surface area contributed by atoms with Gasteiger partial charge in [-0.05, 0) is 57.2 Å². The highest BCUT2D eigenvalue weighted by molar-refractivity contribution is 6.30. The van der Waals surface area contributed by atoms with Gasteiger partial charge in [0.1, 0.15) is 6.54 Å². The van der Waals surface area contributed by atoms with Crippen LogP contribution in [0.4, 0.5) is 4.79 Å². The fourth-order valence-corrected chi connectivity index (χ4v) is 2.88. The van der Waals surface area contributed by atoms with Crippen molar-refractivity contribution in [1.82, 2.24) is 15.3 Å². The van der Waals surface area contributed by atoms with Gasteiger partial charge in [-0.1, -0.05) is 29.8 Å². The van der Waals surface area contributed by atoms with Crippen LogP contribution in [0.15, 0.2) is 54.6 Å². The largest absolute Gasteiger partial charge is 0.439 e. The molecule has 0 aliphatic heterocycles. The first-order chi connectivity index (χ1) is 16.1. The number of rotatable bonds is 7. The van der Waals surface area contributed by atoms with Crippen molar-refractivity contribution in [3.8, 4) is 0 Å². The lowest BCUT2D eigenvalue weighted by Crippen LogP contribution is -2.60. The summed E-state index contributed by atoms with van der Waals surface area (Å²) in [5, 5.41) is 3.99. The molecule has 180 valence electrons. The molecule has 0 atom stereocenters. The van der Waals surface area contributed by atoms with Crippen molar-refractivity contribution in [2.45, 2.75) is 26.3 Å². The van der Waals surface area contributed by atoms with E-state index >= 15 is 0 Å². The van der Waals surface area contributed by atoms with Crippen LogP contribution < -0.4 is 5.32 Å². The number of ether oxygens (including phenoxy) is 2. The summed E-state index contributed by atoms with van der Waals surface area (Å²) in [6.07, 6.45) is -0.953. The number of carbonyl (C=O) groups is 5. The summed E-state index contributed by atoms with van der Waals surface area (Å²) in [7, 11) is 0. The highest BCUT2D eigenvalue weighted by atomic mass is 35.5. The summed E-state index contributed by atoms with van der Waals surface area (Å²) in [6.45, 7) is 3.62. The number of carbonyl (C=O) groups excluding carboxylic acids is 5. The standard InChI is InChI=1S/C23H24ClN3O7/c1-23(2,3)27(21(31)16-7-5-4-6-8-16)26(20(30)17-9-11-18(24)12-10-17)22(32)34-15-33-19(29)13-25-14-28/h4-12,14H,13,15H2,1-3H3,(H,25,28). The van der Waals surface area contributed by atoms with Crippen LogP contribution in [-0.4, -0.2) is 59.2 Å². The topological polar surface area (TPSA) is 122 Å². The van der Waals surface area contributed by atoms with E-state index in [9.17, 15) is 24.0 Å². The number of amides is 4. The van der Waals surface area contributed by atoms with Crippen LogP contribution in [0.1, 0.15) is 41.5 Å². The summed E-state index contributed by atoms with van der Waals surface area (Å²) >= 11 is 5.90. The van der Waals surface area contributed by atoms with Gasteiger partial charge in [-0.3, -0.25) is 19.2 Å². The second-order valence-electron chi connectivity index (χ2n) is 7.82. The van der Waals surface area contributed by atoms with Crippen LogP contribution in [0.25, 0.3) is 0 Å². The molecule has 10 nitrogen and oxygen atoms in total. The summed E-state index contributed by atoms with van der Waals surface area (Å²) in [5.74, 6) is -2.38. The fraction of sp³-hybridized carbons (Fsp3) is 0.261. The van der Waals surface area contributed by atoms with Crippen molar-refractivity contribution in [3.05, 3.63) is 70.7 Å². The average Bonchev–Trinajstić information content (AvgIpc) is 2.80. The molecule has 2 rings (SSSR count). The van der Waals surface area contributed by atoms with Crippen LogP contribution >= 0.6 is 11.6 Å². The highest BCUT2D eigenvalue weighted by Gasteiger charge is 2.41. The zero-order chi connectivity index (χ0) is 25.3. The molecule has 1 N–H and O–H groups in total. The fourth-order valence-electron chi connectivity index (χ4n) is 2.75. The Bertz CT molecular complexity index is 1040. The van der Waals surface area contributed by atoms with Crippen molar-refractivity contribution in [2.24, 2.45) is 0 Å². The molecule has 0 aromatic heterocycles. The third kappa shape index (κ3) is 7.04. The monoisotopic (exact) mass is 489 g/mol. The maximum absolute atomic E-state index is 13.4. The van der Waals surface area contributed by atoms with E-state index in [1.807, 2.05) is 0 Å². The van der Waals surface area contributed by atoms with Gasteiger partial charge in [0.05, 0.1) is 5.54 Å². The Kier molecular flexibility index (Phi) is 9.14. The van der Waals surface area contributed by atoms with Crippen LogP contribution in [0, 0.1) is 0 Å². The molecule has 0 aliphatic rings. The van der Waals surface area contributed by atoms with Gasteiger partial charge >= 0.3 is 12.1 Å². The maximum atomic E-state index is 13.4. The second-order valence-corrected chi connectivity index (χ2v) is 8.26. The average molecular weight is 490 g/mol. The number of halogens is 1. The molecule has 0 radical (unpaired) electrons. The molecule has 4 amide bonds. The van der Waals surface area contributed by atoms with Crippen molar-refractivity contribution in [3.63, 3.8) is 0 Å². The lowest BCUT2D eigenvalue weighted by Gasteiger charge is -2.41. The van der Waals surface area contributed by atoms with Gasteiger partial charge in [0, 0.05) is 16.1 Å². The molecule has 0 spiro atoms. The van der Waals surface area contributed by atoms with Gasteiger partial charge in [-0.2, -0.15) is 0 Å². The lowest BCUT2D eigenvalue weighted by molar-refractivity contribution is -0.152. The van der Waals surface area contributed by atoms with E-state index in [-0.39, 0.29) is 11.1 Å². The normalized spacial score (nSPS) is 10.6. The van der Waals surface area contributed by atoms with Crippen LogP contribution in [-0.2, 0) is 19.1 Å². The minimum absolute atomic E-state index is 0.0589. The first kappa shape index (κ1) is 26.3. The van der Waals surface area contributed by atoms with E-state index in [0.717, 1.165) is 5.01 Å². The summed E-state index contributed by atoms with van der Waals surface area (Å²) in [5.41, 5.74) is -0.771. The van der Waals surface area contributed by atoms with Crippen LogP contribution in [0.5, 0.6) is 0 Å². The molecule has 0 saturated carbocycles. The first-order valence-electron chi connectivity index (χ1n) is 10.0. The third-order valence-electron chi connectivity index (χ3n) is 4.24. The highest BCUT2D eigenvalue weighted by Crippen LogP contribution is 2.24. The van der Waals surface area contributed by atoms with Crippen LogP contribution in [0.3, 0.4) is 0 Å². The molecule has 2 aromatic rings. The zero-order valence-corrected chi connectivity index (χ0v) is 19.6. The SMILES string of the molecule is CC(C)(C)N(C(=O)c1ccccc1)N(C(=O)OCOC(=O)CNC=O)C(=O)c1ccc(Cl)cc1. The summed E-state index contributed by atoms with van der Waals surface area (Å²) in [4.78, 5) is 61.6. The van der Waals surface area contributed by atoms with Gasteiger partial charge in [0.2, 0.25) is 13.2 Å². The molecule has 0 saturated heterocycles. The van der Waals surface area contributed by atoms with Crippen LogP contribution in [0.2, 0.25) is 5.02 Å². The molecule has 0 fully saturated rings. The van der Waals surface area contributed by atoms with E-state index in [0.29, 0.717) is 16.4 Å². The molecule has 0 bridgehead atoms. The van der Waals surface area contributed by atoms with Gasteiger partial charge in [0.15, 0.2) is 0 Å². The van der Waals surface area contributed by atoms with Gasteiger partial charge in [0.25, 0.3) is 11.8 Å². The molecular formula is C23H24ClN3O7. The number of nitrogens with one attached hydrogen (secondary N) is 1. The number of hydrogen-bond acceptors (Lipinski definition) is 7.